The van der Waals surface area contributed by atoms with E-state index in [9.17, 15) is 14.4 Å². The molecule has 0 aromatic heterocycles. The van der Waals surface area contributed by atoms with Crippen LogP contribution in [-0.2, 0) is 28.6 Å². The minimum absolute atomic E-state index is 0.0623. The van der Waals surface area contributed by atoms with E-state index >= 15 is 0 Å². The summed E-state index contributed by atoms with van der Waals surface area (Å²) in [6, 6.07) is 0. The van der Waals surface area contributed by atoms with Crippen LogP contribution < -0.4 is 0 Å². The van der Waals surface area contributed by atoms with Crippen molar-refractivity contribution in [2.24, 2.45) is 11.8 Å². The maximum atomic E-state index is 12.9. The van der Waals surface area contributed by atoms with E-state index < -0.39 is 6.10 Å². The van der Waals surface area contributed by atoms with Gasteiger partial charge in [0, 0.05) is 19.3 Å². The van der Waals surface area contributed by atoms with Crippen LogP contribution in [0.4, 0.5) is 0 Å². The van der Waals surface area contributed by atoms with Gasteiger partial charge in [-0.1, -0.05) is 311 Å². The number of carbonyl (C=O) groups excluding carboxylic acids is 3. The van der Waals surface area contributed by atoms with E-state index in [1.54, 1.807) is 0 Å². The minimum atomic E-state index is -0.762. The van der Waals surface area contributed by atoms with Crippen LogP contribution in [0, 0.1) is 11.8 Å². The van der Waals surface area contributed by atoms with Crippen LogP contribution >= 0.6 is 0 Å². The third-order valence-electron chi connectivity index (χ3n) is 14.6. The van der Waals surface area contributed by atoms with Crippen molar-refractivity contribution in [3.8, 4) is 0 Å². The van der Waals surface area contributed by atoms with Crippen molar-refractivity contribution in [2.75, 3.05) is 13.2 Å². The fourth-order valence-corrected chi connectivity index (χ4v) is 9.55. The van der Waals surface area contributed by atoms with Gasteiger partial charge in [-0.25, -0.2) is 0 Å². The van der Waals surface area contributed by atoms with Gasteiger partial charge in [0.2, 0.25) is 0 Å². The predicted molar refractivity (Wildman–Crippen MR) is 293 cm³/mol. The van der Waals surface area contributed by atoms with Gasteiger partial charge in [0.15, 0.2) is 6.10 Å². The van der Waals surface area contributed by atoms with Crippen molar-refractivity contribution in [2.45, 2.75) is 355 Å². The Morgan fingerprint density at radius 3 is 0.838 bits per heavy atom. The fourth-order valence-electron chi connectivity index (χ4n) is 9.55. The van der Waals surface area contributed by atoms with Crippen LogP contribution in [-0.4, -0.2) is 37.2 Å². The van der Waals surface area contributed by atoms with Crippen LogP contribution in [0.15, 0.2) is 0 Å². The van der Waals surface area contributed by atoms with Gasteiger partial charge in [-0.2, -0.15) is 0 Å². The molecule has 0 saturated heterocycles. The summed E-state index contributed by atoms with van der Waals surface area (Å²) in [5.74, 6) is 0.924. The molecule has 1 unspecified atom stereocenters. The van der Waals surface area contributed by atoms with Gasteiger partial charge in [0.25, 0.3) is 0 Å². The summed E-state index contributed by atoms with van der Waals surface area (Å²) in [6.07, 6.45) is 59.6. The van der Waals surface area contributed by atoms with Crippen molar-refractivity contribution in [1.29, 1.82) is 0 Å². The SMILES string of the molecule is CCCCCCCCCCCC(=O)OC[C@H](COC(=O)CCCCCCCCCCCCCCCCCCCCC(C)CC)OC(=O)CCCCCCCCCCCCCCCCCCC(C)C. The summed E-state index contributed by atoms with van der Waals surface area (Å²) < 4.78 is 16.9. The maximum Gasteiger partial charge on any atom is 0.306 e. The van der Waals surface area contributed by atoms with Gasteiger partial charge >= 0.3 is 17.9 Å². The summed E-state index contributed by atoms with van der Waals surface area (Å²) in [4.78, 5) is 38.1. The summed E-state index contributed by atoms with van der Waals surface area (Å²) in [5.41, 5.74) is 0. The van der Waals surface area contributed by atoms with E-state index in [4.69, 9.17) is 14.2 Å². The second-order valence-corrected chi connectivity index (χ2v) is 22.1. The lowest BCUT2D eigenvalue weighted by molar-refractivity contribution is -0.167. The van der Waals surface area contributed by atoms with Gasteiger partial charge in [0.05, 0.1) is 0 Å². The highest BCUT2D eigenvalue weighted by Crippen LogP contribution is 2.19. The molecular weight excluding hydrogens is 841 g/mol. The molecule has 0 aliphatic carbocycles. The average Bonchev–Trinajstić information content (AvgIpc) is 3.32. The number of esters is 3. The van der Waals surface area contributed by atoms with Crippen LogP contribution in [0.1, 0.15) is 349 Å². The zero-order chi connectivity index (χ0) is 49.6. The molecule has 68 heavy (non-hydrogen) atoms. The lowest BCUT2D eigenvalue weighted by Gasteiger charge is -2.18. The first-order chi connectivity index (χ1) is 33.3. The van der Waals surface area contributed by atoms with Crippen molar-refractivity contribution in [3.63, 3.8) is 0 Å². The smallest absolute Gasteiger partial charge is 0.306 e. The van der Waals surface area contributed by atoms with Gasteiger partial charge in [0.1, 0.15) is 13.2 Å². The van der Waals surface area contributed by atoms with E-state index in [0.29, 0.717) is 19.3 Å². The maximum absolute atomic E-state index is 12.9. The number of hydrogen-bond acceptors (Lipinski definition) is 6. The van der Waals surface area contributed by atoms with Crippen LogP contribution in [0.3, 0.4) is 0 Å². The fraction of sp³-hybridized carbons (Fsp3) is 0.952. The molecule has 2 atom stereocenters. The number of hydrogen-bond donors (Lipinski definition) is 0. The molecule has 6 nitrogen and oxygen atoms in total. The first kappa shape index (κ1) is 66.4. The van der Waals surface area contributed by atoms with E-state index in [1.807, 2.05) is 0 Å². The third kappa shape index (κ3) is 53.8. The van der Waals surface area contributed by atoms with E-state index in [1.165, 1.54) is 238 Å². The molecule has 0 rings (SSSR count). The zero-order valence-corrected chi connectivity index (χ0v) is 46.7. The normalized spacial score (nSPS) is 12.4. The molecule has 0 bridgehead atoms. The molecule has 0 fully saturated rings. The van der Waals surface area contributed by atoms with Crippen molar-refractivity contribution >= 4 is 17.9 Å². The highest BCUT2D eigenvalue weighted by atomic mass is 16.6. The Kier molecular flexibility index (Phi) is 53.5. The monoisotopic (exact) mass is 961 g/mol. The average molecular weight is 962 g/mol. The topological polar surface area (TPSA) is 78.9 Å². The molecule has 0 aliphatic heterocycles. The number of ether oxygens (including phenoxy) is 3. The van der Waals surface area contributed by atoms with Crippen LogP contribution in [0.2, 0.25) is 0 Å². The molecule has 0 N–H and O–H groups in total. The molecule has 0 heterocycles. The van der Waals surface area contributed by atoms with Crippen molar-refractivity contribution in [1.82, 2.24) is 0 Å². The molecular formula is C62H120O6. The first-order valence-corrected chi connectivity index (χ1v) is 30.8. The molecule has 0 spiro atoms. The molecule has 0 aromatic rings. The molecule has 0 amide bonds. The summed E-state index contributed by atoms with van der Waals surface area (Å²) in [5, 5.41) is 0. The Hall–Kier alpha value is -1.59. The Labute approximate surface area is 425 Å². The van der Waals surface area contributed by atoms with Gasteiger partial charge in [-0.15, -0.1) is 0 Å². The summed E-state index contributed by atoms with van der Waals surface area (Å²) >= 11 is 0. The Bertz CT molecular complexity index is 1040. The van der Waals surface area contributed by atoms with Crippen molar-refractivity contribution < 1.29 is 28.6 Å². The molecule has 0 aromatic carbocycles. The van der Waals surface area contributed by atoms with Gasteiger partial charge in [-0.3, -0.25) is 14.4 Å². The second kappa shape index (κ2) is 54.7. The lowest BCUT2D eigenvalue weighted by atomic mass is 9.99. The zero-order valence-electron chi connectivity index (χ0n) is 46.7. The predicted octanol–water partition coefficient (Wildman–Crippen LogP) is 20.4. The highest BCUT2D eigenvalue weighted by molar-refractivity contribution is 5.71. The molecule has 0 aliphatic rings. The van der Waals surface area contributed by atoms with E-state index in [-0.39, 0.29) is 31.1 Å². The van der Waals surface area contributed by atoms with Crippen LogP contribution in [0.25, 0.3) is 0 Å². The number of unbranched alkanes of at least 4 members (excludes halogenated alkanes) is 40. The van der Waals surface area contributed by atoms with Gasteiger partial charge in [-0.05, 0) is 31.1 Å². The molecule has 0 radical (unpaired) electrons. The number of rotatable bonds is 56. The Morgan fingerprint density at radius 1 is 0.309 bits per heavy atom. The van der Waals surface area contributed by atoms with Crippen molar-refractivity contribution in [3.05, 3.63) is 0 Å². The Balaban J connectivity index is 4.16. The minimum Gasteiger partial charge on any atom is -0.462 e. The summed E-state index contributed by atoms with van der Waals surface area (Å²) in [6.45, 7) is 11.5. The second-order valence-electron chi connectivity index (χ2n) is 22.1. The van der Waals surface area contributed by atoms with Gasteiger partial charge < -0.3 is 14.2 Å². The molecule has 404 valence electrons. The lowest BCUT2D eigenvalue weighted by Crippen LogP contribution is -2.30. The molecule has 6 heteroatoms. The van der Waals surface area contributed by atoms with E-state index in [2.05, 4.69) is 34.6 Å². The largest absolute Gasteiger partial charge is 0.462 e. The number of carbonyl (C=O) groups is 3. The Morgan fingerprint density at radius 2 is 0.559 bits per heavy atom. The quantitative estimate of drug-likeness (QED) is 0.0343. The first-order valence-electron chi connectivity index (χ1n) is 30.8. The third-order valence-corrected chi connectivity index (χ3v) is 14.6. The standard InChI is InChI=1S/C62H120O6/c1-6-8-9-10-11-30-37-42-47-52-60(63)66-55-59(68-62(65)54-49-44-39-34-29-25-21-17-16-18-22-26-31-35-40-45-50-57(3)4)56-67-61(64)53-48-43-38-33-28-24-20-15-13-12-14-19-23-27-32-36-41-46-51-58(5)7-2/h57-59H,6-56H2,1-5H3/t58?,59-/m1/s1. The molecule has 0 saturated carbocycles. The summed E-state index contributed by atoms with van der Waals surface area (Å²) in [7, 11) is 0. The highest BCUT2D eigenvalue weighted by Gasteiger charge is 2.19. The van der Waals surface area contributed by atoms with Crippen LogP contribution in [0.5, 0.6) is 0 Å². The van der Waals surface area contributed by atoms with E-state index in [0.717, 1.165) is 69.6 Å².